The van der Waals surface area contributed by atoms with E-state index in [-0.39, 0.29) is 30.2 Å². The molecule has 1 saturated heterocycles. The summed E-state index contributed by atoms with van der Waals surface area (Å²) >= 11 is 0. The zero-order chi connectivity index (χ0) is 15.3. The number of carbonyl (C=O) groups is 3. The molecule has 0 unspecified atom stereocenters. The zero-order valence-electron chi connectivity index (χ0n) is 12.4. The molecule has 2 N–H and O–H groups in total. The van der Waals surface area contributed by atoms with Crippen LogP contribution in [-0.4, -0.2) is 47.4 Å². The summed E-state index contributed by atoms with van der Waals surface area (Å²) in [6, 6.07) is 0. The molecule has 0 spiro atoms. The van der Waals surface area contributed by atoms with E-state index in [4.69, 9.17) is 5.11 Å². The average molecular weight is 296 g/mol. The minimum absolute atomic E-state index is 0.0477. The zero-order valence-corrected chi connectivity index (χ0v) is 12.4. The highest BCUT2D eigenvalue weighted by Crippen LogP contribution is 2.43. The molecule has 2 fully saturated rings. The van der Waals surface area contributed by atoms with Crippen molar-refractivity contribution in [3.8, 4) is 0 Å². The Labute approximate surface area is 124 Å². The van der Waals surface area contributed by atoms with Gasteiger partial charge in [-0.1, -0.05) is 12.8 Å². The molecule has 0 aromatic heterocycles. The molecule has 0 aromatic carbocycles. The Bertz CT molecular complexity index is 418. The summed E-state index contributed by atoms with van der Waals surface area (Å²) in [7, 11) is 0. The maximum atomic E-state index is 12.0. The van der Waals surface area contributed by atoms with Gasteiger partial charge in [0.05, 0.1) is 13.0 Å². The Morgan fingerprint density at radius 2 is 1.95 bits per heavy atom. The van der Waals surface area contributed by atoms with Crippen molar-refractivity contribution in [2.24, 2.45) is 5.41 Å². The van der Waals surface area contributed by atoms with Gasteiger partial charge in [0, 0.05) is 19.5 Å². The fourth-order valence-corrected chi connectivity index (χ4v) is 3.13. The van der Waals surface area contributed by atoms with E-state index in [2.05, 4.69) is 5.32 Å². The van der Waals surface area contributed by atoms with Crippen LogP contribution >= 0.6 is 0 Å². The first-order valence-corrected chi connectivity index (χ1v) is 7.77. The number of rotatable bonds is 6. The molecule has 0 bridgehead atoms. The highest BCUT2D eigenvalue weighted by molar-refractivity contribution is 5.85. The molecule has 2 amide bonds. The number of hydrogen-bond donors (Lipinski definition) is 2. The minimum atomic E-state index is -0.813. The molecule has 2 aliphatic rings. The van der Waals surface area contributed by atoms with Crippen LogP contribution in [0.3, 0.4) is 0 Å². The SMILES string of the molecule is O=C(O)CC1(CNC(=O)CN2CCCCCC2=O)CCC1. The van der Waals surface area contributed by atoms with E-state index < -0.39 is 5.97 Å². The number of carboxylic acid groups (broad SMARTS) is 1. The van der Waals surface area contributed by atoms with E-state index >= 15 is 0 Å². The van der Waals surface area contributed by atoms with Crippen molar-refractivity contribution in [3.05, 3.63) is 0 Å². The summed E-state index contributed by atoms with van der Waals surface area (Å²) in [5.41, 5.74) is -0.274. The molecule has 21 heavy (non-hydrogen) atoms. The molecule has 118 valence electrons. The third kappa shape index (κ3) is 4.44. The molecule has 1 heterocycles. The summed E-state index contributed by atoms with van der Waals surface area (Å²) in [5, 5.41) is 11.8. The van der Waals surface area contributed by atoms with Crippen molar-refractivity contribution < 1.29 is 19.5 Å². The lowest BCUT2D eigenvalue weighted by Gasteiger charge is -2.41. The highest BCUT2D eigenvalue weighted by Gasteiger charge is 2.39. The fourth-order valence-electron chi connectivity index (χ4n) is 3.13. The summed E-state index contributed by atoms with van der Waals surface area (Å²) in [4.78, 5) is 36.3. The number of aliphatic carboxylic acids is 1. The van der Waals surface area contributed by atoms with Gasteiger partial charge < -0.3 is 15.3 Å². The first kappa shape index (κ1) is 15.8. The lowest BCUT2D eigenvalue weighted by Crippen LogP contribution is -2.47. The van der Waals surface area contributed by atoms with Crippen LogP contribution in [0, 0.1) is 5.41 Å². The van der Waals surface area contributed by atoms with E-state index in [0.717, 1.165) is 38.5 Å². The molecule has 6 nitrogen and oxygen atoms in total. The molecule has 1 aliphatic carbocycles. The number of nitrogens with zero attached hydrogens (tertiary/aromatic N) is 1. The van der Waals surface area contributed by atoms with Crippen molar-refractivity contribution >= 4 is 17.8 Å². The Morgan fingerprint density at radius 1 is 1.19 bits per heavy atom. The highest BCUT2D eigenvalue weighted by atomic mass is 16.4. The second-order valence-corrected chi connectivity index (χ2v) is 6.33. The summed E-state index contributed by atoms with van der Waals surface area (Å²) in [6.07, 6.45) is 6.23. The van der Waals surface area contributed by atoms with Crippen molar-refractivity contribution in [1.82, 2.24) is 10.2 Å². The molecule has 2 rings (SSSR count). The summed E-state index contributed by atoms with van der Waals surface area (Å²) in [5.74, 6) is -0.944. The quantitative estimate of drug-likeness (QED) is 0.770. The molecule has 0 radical (unpaired) electrons. The van der Waals surface area contributed by atoms with Gasteiger partial charge >= 0.3 is 5.97 Å². The molecule has 1 saturated carbocycles. The van der Waals surface area contributed by atoms with Gasteiger partial charge in [0.1, 0.15) is 0 Å². The van der Waals surface area contributed by atoms with Gasteiger partial charge in [0.25, 0.3) is 0 Å². The first-order chi connectivity index (χ1) is 10.0. The topological polar surface area (TPSA) is 86.7 Å². The van der Waals surface area contributed by atoms with Crippen molar-refractivity contribution in [1.29, 1.82) is 0 Å². The van der Waals surface area contributed by atoms with E-state index in [1.165, 1.54) is 0 Å². The van der Waals surface area contributed by atoms with Crippen LogP contribution in [-0.2, 0) is 14.4 Å². The molecule has 0 atom stereocenters. The van der Waals surface area contributed by atoms with Gasteiger partial charge in [-0.25, -0.2) is 0 Å². The predicted octanol–water partition coefficient (Wildman–Crippen LogP) is 1.15. The van der Waals surface area contributed by atoms with Gasteiger partial charge in [-0.2, -0.15) is 0 Å². The van der Waals surface area contributed by atoms with Crippen LogP contribution in [0.5, 0.6) is 0 Å². The Balaban J connectivity index is 1.78. The van der Waals surface area contributed by atoms with Gasteiger partial charge in [-0.05, 0) is 31.1 Å². The van der Waals surface area contributed by atoms with Crippen molar-refractivity contribution in [3.63, 3.8) is 0 Å². The first-order valence-electron chi connectivity index (χ1n) is 7.77. The van der Waals surface area contributed by atoms with E-state index in [1.54, 1.807) is 4.90 Å². The van der Waals surface area contributed by atoms with Crippen LogP contribution < -0.4 is 5.32 Å². The maximum absolute atomic E-state index is 12.0. The van der Waals surface area contributed by atoms with E-state index in [9.17, 15) is 14.4 Å². The minimum Gasteiger partial charge on any atom is -0.481 e. The Hall–Kier alpha value is -1.59. The van der Waals surface area contributed by atoms with Crippen LogP contribution in [0.15, 0.2) is 0 Å². The number of likely N-dealkylation sites (tertiary alicyclic amines) is 1. The molecule has 0 aromatic rings. The van der Waals surface area contributed by atoms with Gasteiger partial charge in [-0.15, -0.1) is 0 Å². The van der Waals surface area contributed by atoms with Gasteiger partial charge in [-0.3, -0.25) is 14.4 Å². The molecular weight excluding hydrogens is 272 g/mol. The summed E-state index contributed by atoms with van der Waals surface area (Å²) in [6.45, 7) is 1.15. The number of carbonyl (C=O) groups excluding carboxylic acids is 2. The van der Waals surface area contributed by atoms with Gasteiger partial charge in [0.2, 0.25) is 11.8 Å². The van der Waals surface area contributed by atoms with E-state index in [0.29, 0.717) is 19.5 Å². The van der Waals surface area contributed by atoms with E-state index in [1.807, 2.05) is 0 Å². The molecule has 1 aliphatic heterocycles. The Kier molecular flexibility index (Phi) is 5.20. The monoisotopic (exact) mass is 296 g/mol. The molecule has 6 heteroatoms. The van der Waals surface area contributed by atoms with Crippen molar-refractivity contribution in [2.75, 3.05) is 19.6 Å². The normalized spacial score (nSPS) is 21.3. The third-order valence-corrected chi connectivity index (χ3v) is 4.61. The lowest BCUT2D eigenvalue weighted by molar-refractivity contribution is -0.142. The van der Waals surface area contributed by atoms with Crippen molar-refractivity contribution in [2.45, 2.75) is 51.4 Å². The average Bonchev–Trinajstić information content (AvgIpc) is 2.58. The number of amides is 2. The standard InChI is InChI=1S/C15H24N2O4/c18-12(10-17-8-3-1-2-5-13(17)19)16-11-15(6-4-7-15)9-14(20)21/h1-11H2,(H,16,18)(H,20,21). The number of carboxylic acids is 1. The second kappa shape index (κ2) is 6.91. The number of hydrogen-bond acceptors (Lipinski definition) is 3. The predicted molar refractivity (Wildman–Crippen MR) is 76.6 cm³/mol. The Morgan fingerprint density at radius 3 is 2.57 bits per heavy atom. The van der Waals surface area contributed by atoms with Crippen LogP contribution in [0.4, 0.5) is 0 Å². The van der Waals surface area contributed by atoms with Crippen LogP contribution in [0.25, 0.3) is 0 Å². The van der Waals surface area contributed by atoms with Gasteiger partial charge in [0.15, 0.2) is 0 Å². The lowest BCUT2D eigenvalue weighted by atomic mass is 9.66. The third-order valence-electron chi connectivity index (χ3n) is 4.61. The maximum Gasteiger partial charge on any atom is 0.303 e. The molecular formula is C15H24N2O4. The van der Waals surface area contributed by atoms with Crippen LogP contribution in [0.1, 0.15) is 51.4 Å². The van der Waals surface area contributed by atoms with Crippen LogP contribution in [0.2, 0.25) is 0 Å². The smallest absolute Gasteiger partial charge is 0.303 e. The fraction of sp³-hybridized carbons (Fsp3) is 0.800. The second-order valence-electron chi connectivity index (χ2n) is 6.33. The largest absolute Gasteiger partial charge is 0.481 e. The number of nitrogens with one attached hydrogen (secondary N) is 1. The summed E-state index contributed by atoms with van der Waals surface area (Å²) < 4.78 is 0.